The van der Waals surface area contributed by atoms with Gasteiger partial charge in [0.05, 0.1) is 5.52 Å². The summed E-state index contributed by atoms with van der Waals surface area (Å²) in [7, 11) is 0. The topological polar surface area (TPSA) is 36.4 Å². The summed E-state index contributed by atoms with van der Waals surface area (Å²) >= 11 is 6.15. The lowest BCUT2D eigenvalue weighted by atomic mass is 9.97. The van der Waals surface area contributed by atoms with Gasteiger partial charge < -0.3 is 9.80 Å². The number of carbonyl (C=O) groups is 1. The molecule has 4 nitrogen and oxygen atoms in total. The number of fused-ring (bicyclic) bond motifs is 1. The van der Waals surface area contributed by atoms with Crippen LogP contribution >= 0.6 is 11.6 Å². The Kier molecular flexibility index (Phi) is 4.55. The van der Waals surface area contributed by atoms with Gasteiger partial charge in [0.15, 0.2) is 0 Å². The highest BCUT2D eigenvalue weighted by atomic mass is 35.5. The molecule has 1 atom stereocenters. The first-order valence-corrected chi connectivity index (χ1v) is 9.57. The molecule has 2 aliphatic rings. The maximum atomic E-state index is 11.9. The summed E-state index contributed by atoms with van der Waals surface area (Å²) in [5, 5.41) is 1.88. The minimum atomic E-state index is 0.325. The maximum Gasteiger partial charge on any atom is 0.222 e. The molecular weight excluding hydrogens is 334 g/mol. The Balaban J connectivity index is 1.54. The van der Waals surface area contributed by atoms with E-state index in [2.05, 4.69) is 17.9 Å². The quantitative estimate of drug-likeness (QED) is 0.832. The van der Waals surface area contributed by atoms with Crippen LogP contribution < -0.4 is 4.90 Å². The number of aryl methyl sites for hydroxylation is 1. The SMILES string of the molecule is Cc1cc(N2CCCC(CN3CCCC3=O)C2)nc2cc(Cl)ccc12. The van der Waals surface area contributed by atoms with Crippen LogP contribution in [0.5, 0.6) is 0 Å². The van der Waals surface area contributed by atoms with Crippen molar-refractivity contribution in [2.24, 2.45) is 5.92 Å². The molecule has 2 fully saturated rings. The van der Waals surface area contributed by atoms with E-state index in [1.165, 1.54) is 12.0 Å². The summed E-state index contributed by atoms with van der Waals surface area (Å²) < 4.78 is 0. The molecule has 0 spiro atoms. The summed E-state index contributed by atoms with van der Waals surface area (Å²) in [6.07, 6.45) is 4.09. The number of rotatable bonds is 3. The molecule has 5 heteroatoms. The van der Waals surface area contributed by atoms with E-state index in [-0.39, 0.29) is 0 Å². The highest BCUT2D eigenvalue weighted by Crippen LogP contribution is 2.28. The first-order valence-electron chi connectivity index (χ1n) is 9.20. The normalized spacial score (nSPS) is 21.4. The number of benzene rings is 1. The van der Waals surface area contributed by atoms with E-state index >= 15 is 0 Å². The van der Waals surface area contributed by atoms with Gasteiger partial charge in [0.1, 0.15) is 5.82 Å². The Morgan fingerprint density at radius 2 is 2.12 bits per heavy atom. The van der Waals surface area contributed by atoms with Gasteiger partial charge in [-0.2, -0.15) is 0 Å². The van der Waals surface area contributed by atoms with Gasteiger partial charge in [-0.25, -0.2) is 4.98 Å². The van der Waals surface area contributed by atoms with Crippen LogP contribution in [-0.4, -0.2) is 42.0 Å². The van der Waals surface area contributed by atoms with E-state index in [4.69, 9.17) is 16.6 Å². The van der Waals surface area contributed by atoms with E-state index in [1.807, 2.05) is 23.1 Å². The number of nitrogens with zero attached hydrogens (tertiary/aromatic N) is 3. The Hall–Kier alpha value is -1.81. The van der Waals surface area contributed by atoms with Crippen LogP contribution in [0.15, 0.2) is 24.3 Å². The Morgan fingerprint density at radius 1 is 1.24 bits per heavy atom. The number of piperidine rings is 1. The Bertz CT molecular complexity index is 807. The fourth-order valence-electron chi connectivity index (χ4n) is 4.15. The molecule has 2 aromatic rings. The second-order valence-electron chi connectivity index (χ2n) is 7.36. The molecule has 25 heavy (non-hydrogen) atoms. The van der Waals surface area contributed by atoms with Crippen molar-refractivity contribution in [2.75, 3.05) is 31.1 Å². The molecule has 2 aliphatic heterocycles. The maximum absolute atomic E-state index is 11.9. The predicted octanol–water partition coefficient (Wildman–Crippen LogP) is 4.04. The van der Waals surface area contributed by atoms with Crippen LogP contribution in [0.3, 0.4) is 0 Å². The number of carbonyl (C=O) groups excluding carboxylic acids is 1. The molecular formula is C20H24ClN3O. The molecule has 3 heterocycles. The second-order valence-corrected chi connectivity index (χ2v) is 7.79. The molecule has 0 aliphatic carbocycles. The summed E-state index contributed by atoms with van der Waals surface area (Å²) in [4.78, 5) is 21.2. The highest BCUT2D eigenvalue weighted by Gasteiger charge is 2.27. The van der Waals surface area contributed by atoms with Crippen molar-refractivity contribution in [3.05, 3.63) is 34.9 Å². The number of hydrogen-bond donors (Lipinski definition) is 0. The molecule has 0 bridgehead atoms. The summed E-state index contributed by atoms with van der Waals surface area (Å²) in [6, 6.07) is 8.08. The number of anilines is 1. The number of hydrogen-bond acceptors (Lipinski definition) is 3. The molecule has 0 radical (unpaired) electrons. The predicted molar refractivity (Wildman–Crippen MR) is 102 cm³/mol. The van der Waals surface area contributed by atoms with Gasteiger partial charge >= 0.3 is 0 Å². The lowest BCUT2D eigenvalue weighted by molar-refractivity contribution is -0.128. The highest BCUT2D eigenvalue weighted by molar-refractivity contribution is 6.31. The van der Waals surface area contributed by atoms with Gasteiger partial charge in [-0.1, -0.05) is 17.7 Å². The van der Waals surface area contributed by atoms with Crippen LogP contribution in [0.25, 0.3) is 10.9 Å². The fraction of sp³-hybridized carbons (Fsp3) is 0.500. The number of halogens is 1. The fourth-order valence-corrected chi connectivity index (χ4v) is 4.32. The minimum absolute atomic E-state index is 0.325. The van der Waals surface area contributed by atoms with Crippen molar-refractivity contribution >= 4 is 34.2 Å². The zero-order valence-corrected chi connectivity index (χ0v) is 15.4. The van der Waals surface area contributed by atoms with Crippen molar-refractivity contribution in [1.82, 2.24) is 9.88 Å². The van der Waals surface area contributed by atoms with Gasteiger partial charge in [-0.05, 0) is 55.9 Å². The molecule has 1 unspecified atom stereocenters. The van der Waals surface area contributed by atoms with Crippen LogP contribution in [-0.2, 0) is 4.79 Å². The van der Waals surface area contributed by atoms with Crippen molar-refractivity contribution in [3.63, 3.8) is 0 Å². The van der Waals surface area contributed by atoms with Crippen LogP contribution in [0.4, 0.5) is 5.82 Å². The lowest BCUT2D eigenvalue weighted by Crippen LogP contribution is -2.41. The van der Waals surface area contributed by atoms with Gasteiger partial charge in [-0.15, -0.1) is 0 Å². The number of amides is 1. The second kappa shape index (κ2) is 6.83. The van der Waals surface area contributed by atoms with E-state index in [0.29, 0.717) is 11.8 Å². The van der Waals surface area contributed by atoms with Gasteiger partial charge in [0.25, 0.3) is 0 Å². The van der Waals surface area contributed by atoms with E-state index in [0.717, 1.165) is 67.2 Å². The molecule has 1 aromatic heterocycles. The first-order chi connectivity index (χ1) is 12.1. The van der Waals surface area contributed by atoms with Gasteiger partial charge in [-0.3, -0.25) is 4.79 Å². The Morgan fingerprint density at radius 3 is 2.92 bits per heavy atom. The van der Waals surface area contributed by atoms with Crippen molar-refractivity contribution < 1.29 is 4.79 Å². The molecule has 0 saturated carbocycles. The van der Waals surface area contributed by atoms with Crippen LogP contribution in [0, 0.1) is 12.8 Å². The van der Waals surface area contributed by atoms with Crippen molar-refractivity contribution in [2.45, 2.75) is 32.6 Å². The average Bonchev–Trinajstić information content (AvgIpc) is 2.99. The van der Waals surface area contributed by atoms with E-state index < -0.39 is 0 Å². The molecule has 4 rings (SSSR count). The third-order valence-corrected chi connectivity index (χ3v) is 5.69. The van der Waals surface area contributed by atoms with Crippen molar-refractivity contribution in [1.29, 1.82) is 0 Å². The standard InChI is InChI=1S/C20H24ClN3O/c1-14-10-19(22-18-11-16(21)6-7-17(14)18)23-8-2-4-15(12-23)13-24-9-3-5-20(24)25/h6-7,10-11,15H,2-5,8-9,12-13H2,1H3. The number of aromatic nitrogens is 1. The Labute approximate surface area is 153 Å². The molecule has 1 amide bonds. The van der Waals surface area contributed by atoms with Gasteiger partial charge in [0, 0.05) is 43.0 Å². The van der Waals surface area contributed by atoms with Crippen LogP contribution in [0.1, 0.15) is 31.2 Å². The number of pyridine rings is 1. The largest absolute Gasteiger partial charge is 0.356 e. The molecule has 2 saturated heterocycles. The molecule has 132 valence electrons. The molecule has 1 aromatic carbocycles. The van der Waals surface area contributed by atoms with Crippen LogP contribution in [0.2, 0.25) is 5.02 Å². The smallest absolute Gasteiger partial charge is 0.222 e. The monoisotopic (exact) mass is 357 g/mol. The average molecular weight is 358 g/mol. The van der Waals surface area contributed by atoms with Crippen molar-refractivity contribution in [3.8, 4) is 0 Å². The zero-order valence-electron chi connectivity index (χ0n) is 14.7. The summed E-state index contributed by atoms with van der Waals surface area (Å²) in [5.41, 5.74) is 2.19. The van der Waals surface area contributed by atoms with E-state index in [9.17, 15) is 4.79 Å². The summed E-state index contributed by atoms with van der Waals surface area (Å²) in [5.74, 6) is 1.89. The summed E-state index contributed by atoms with van der Waals surface area (Å²) in [6.45, 7) is 5.96. The lowest BCUT2D eigenvalue weighted by Gasteiger charge is -2.35. The molecule has 0 N–H and O–H groups in total. The third kappa shape index (κ3) is 3.45. The minimum Gasteiger partial charge on any atom is -0.356 e. The third-order valence-electron chi connectivity index (χ3n) is 5.46. The first kappa shape index (κ1) is 16.6. The zero-order chi connectivity index (χ0) is 17.4. The van der Waals surface area contributed by atoms with Gasteiger partial charge in [0.2, 0.25) is 5.91 Å². The number of likely N-dealkylation sites (tertiary alicyclic amines) is 1. The van der Waals surface area contributed by atoms with E-state index in [1.54, 1.807) is 0 Å².